The number of aromatic nitrogens is 2. The van der Waals surface area contributed by atoms with Crippen LogP contribution >= 0.6 is 0 Å². The molecule has 2 rings (SSSR count). The maximum Gasteiger partial charge on any atom is 0.0522 e. The van der Waals surface area contributed by atoms with Gasteiger partial charge in [-0.05, 0) is 31.2 Å². The van der Waals surface area contributed by atoms with Gasteiger partial charge in [0.2, 0.25) is 0 Å². The largest absolute Gasteiger partial charge is 0.308 e. The van der Waals surface area contributed by atoms with E-state index in [2.05, 4.69) is 35.0 Å². The standard InChI is InChI=1S/C13H23N3/c1-3-4-11(2)10-16-13(7-8-15-16)9-14-12-5-6-12/h7-8,11-12,14H,3-6,9-10H2,1-2H3. The van der Waals surface area contributed by atoms with E-state index >= 15 is 0 Å². The number of nitrogens with one attached hydrogen (secondary N) is 1. The van der Waals surface area contributed by atoms with Gasteiger partial charge in [0, 0.05) is 25.3 Å². The Morgan fingerprint density at radius 2 is 2.38 bits per heavy atom. The van der Waals surface area contributed by atoms with Crippen LogP contribution in [0.5, 0.6) is 0 Å². The Kier molecular flexibility index (Phi) is 3.99. The van der Waals surface area contributed by atoms with Crippen LogP contribution in [-0.2, 0) is 13.1 Å². The third-order valence-corrected chi connectivity index (χ3v) is 3.22. The first kappa shape index (κ1) is 11.6. The van der Waals surface area contributed by atoms with Crippen molar-refractivity contribution in [2.24, 2.45) is 5.92 Å². The van der Waals surface area contributed by atoms with Crippen LogP contribution in [0.1, 0.15) is 45.2 Å². The topological polar surface area (TPSA) is 29.9 Å². The molecular formula is C13H23N3. The Morgan fingerprint density at radius 1 is 1.56 bits per heavy atom. The van der Waals surface area contributed by atoms with Crippen LogP contribution in [0.15, 0.2) is 12.3 Å². The molecule has 1 aromatic rings. The molecular weight excluding hydrogens is 198 g/mol. The fourth-order valence-electron chi connectivity index (χ4n) is 2.09. The summed E-state index contributed by atoms with van der Waals surface area (Å²) in [6.45, 7) is 6.59. The monoisotopic (exact) mass is 221 g/mol. The lowest BCUT2D eigenvalue weighted by atomic mass is 10.1. The summed E-state index contributed by atoms with van der Waals surface area (Å²) in [5.74, 6) is 0.726. The molecule has 1 aromatic heterocycles. The Bertz CT molecular complexity index is 315. The third kappa shape index (κ3) is 3.34. The molecule has 1 aliphatic rings. The predicted molar refractivity (Wildman–Crippen MR) is 66.2 cm³/mol. The highest BCUT2D eigenvalue weighted by atomic mass is 15.3. The molecule has 0 saturated heterocycles. The molecule has 3 heteroatoms. The van der Waals surface area contributed by atoms with Gasteiger partial charge >= 0.3 is 0 Å². The maximum atomic E-state index is 4.41. The first-order chi connectivity index (χ1) is 7.79. The lowest BCUT2D eigenvalue weighted by molar-refractivity contribution is 0.407. The van der Waals surface area contributed by atoms with E-state index < -0.39 is 0 Å². The third-order valence-electron chi connectivity index (χ3n) is 3.22. The SMILES string of the molecule is CCCC(C)Cn1nccc1CNC1CC1. The summed E-state index contributed by atoms with van der Waals surface area (Å²) in [4.78, 5) is 0. The Labute approximate surface area is 98.2 Å². The van der Waals surface area contributed by atoms with Crippen LogP contribution in [0.4, 0.5) is 0 Å². The van der Waals surface area contributed by atoms with E-state index in [1.54, 1.807) is 0 Å². The van der Waals surface area contributed by atoms with Gasteiger partial charge in [-0.25, -0.2) is 0 Å². The quantitative estimate of drug-likeness (QED) is 0.767. The van der Waals surface area contributed by atoms with Gasteiger partial charge in [-0.1, -0.05) is 20.3 Å². The number of hydrogen-bond acceptors (Lipinski definition) is 2. The van der Waals surface area contributed by atoms with Gasteiger partial charge < -0.3 is 5.32 Å². The molecule has 1 heterocycles. The molecule has 0 amide bonds. The van der Waals surface area contributed by atoms with Crippen molar-refractivity contribution in [3.05, 3.63) is 18.0 Å². The van der Waals surface area contributed by atoms with E-state index in [1.165, 1.54) is 31.4 Å². The molecule has 1 N–H and O–H groups in total. The predicted octanol–water partition coefficient (Wildman–Crippen LogP) is 2.57. The van der Waals surface area contributed by atoms with Crippen molar-refractivity contribution in [2.45, 2.75) is 58.7 Å². The van der Waals surface area contributed by atoms with Crippen LogP contribution in [0.25, 0.3) is 0 Å². The van der Waals surface area contributed by atoms with E-state index in [1.807, 2.05) is 6.20 Å². The molecule has 0 aromatic carbocycles. The maximum absolute atomic E-state index is 4.41. The van der Waals surface area contributed by atoms with Crippen molar-refractivity contribution in [3.63, 3.8) is 0 Å². The normalized spacial score (nSPS) is 17.6. The number of rotatable bonds is 7. The first-order valence-electron chi connectivity index (χ1n) is 6.53. The molecule has 1 fully saturated rings. The fourth-order valence-corrected chi connectivity index (χ4v) is 2.09. The zero-order valence-electron chi connectivity index (χ0n) is 10.4. The minimum atomic E-state index is 0.726. The van der Waals surface area contributed by atoms with Gasteiger partial charge in [-0.2, -0.15) is 5.10 Å². The average Bonchev–Trinajstić information content (AvgIpc) is 2.98. The molecule has 0 aliphatic heterocycles. The van der Waals surface area contributed by atoms with Crippen molar-refractivity contribution in [2.75, 3.05) is 0 Å². The van der Waals surface area contributed by atoms with Crippen molar-refractivity contribution in [1.82, 2.24) is 15.1 Å². The summed E-state index contributed by atoms with van der Waals surface area (Å²) in [6.07, 6.45) is 7.16. The van der Waals surface area contributed by atoms with Crippen LogP contribution in [-0.4, -0.2) is 15.8 Å². The summed E-state index contributed by atoms with van der Waals surface area (Å²) in [5.41, 5.74) is 1.33. The number of nitrogens with zero attached hydrogens (tertiary/aromatic N) is 2. The highest BCUT2D eigenvalue weighted by Crippen LogP contribution is 2.19. The van der Waals surface area contributed by atoms with Gasteiger partial charge in [-0.15, -0.1) is 0 Å². The van der Waals surface area contributed by atoms with Crippen LogP contribution in [0, 0.1) is 5.92 Å². The minimum absolute atomic E-state index is 0.726. The molecule has 0 radical (unpaired) electrons. The summed E-state index contributed by atoms with van der Waals surface area (Å²) in [7, 11) is 0. The molecule has 0 spiro atoms. The fraction of sp³-hybridized carbons (Fsp3) is 0.769. The van der Waals surface area contributed by atoms with Crippen LogP contribution in [0.2, 0.25) is 0 Å². The van der Waals surface area contributed by atoms with E-state index in [0.29, 0.717) is 0 Å². The molecule has 16 heavy (non-hydrogen) atoms. The van der Waals surface area contributed by atoms with E-state index in [4.69, 9.17) is 0 Å². The van der Waals surface area contributed by atoms with Gasteiger partial charge in [0.15, 0.2) is 0 Å². The molecule has 1 aliphatic carbocycles. The highest BCUT2D eigenvalue weighted by molar-refractivity contribution is 5.01. The Hall–Kier alpha value is -0.830. The van der Waals surface area contributed by atoms with Crippen LogP contribution < -0.4 is 5.32 Å². The second-order valence-electron chi connectivity index (χ2n) is 5.05. The zero-order chi connectivity index (χ0) is 11.4. The molecule has 3 nitrogen and oxygen atoms in total. The van der Waals surface area contributed by atoms with Gasteiger partial charge in [0.1, 0.15) is 0 Å². The molecule has 0 bridgehead atoms. The van der Waals surface area contributed by atoms with Crippen molar-refractivity contribution in [1.29, 1.82) is 0 Å². The lowest BCUT2D eigenvalue weighted by Crippen LogP contribution is -2.20. The number of hydrogen-bond donors (Lipinski definition) is 1. The van der Waals surface area contributed by atoms with E-state index in [0.717, 1.165) is 25.0 Å². The Balaban J connectivity index is 1.84. The highest BCUT2D eigenvalue weighted by Gasteiger charge is 2.20. The second-order valence-corrected chi connectivity index (χ2v) is 5.05. The van der Waals surface area contributed by atoms with Gasteiger partial charge in [-0.3, -0.25) is 4.68 Å². The summed E-state index contributed by atoms with van der Waals surface area (Å²) < 4.78 is 2.16. The van der Waals surface area contributed by atoms with E-state index in [9.17, 15) is 0 Å². The average molecular weight is 221 g/mol. The van der Waals surface area contributed by atoms with Gasteiger partial charge in [0.05, 0.1) is 5.69 Å². The van der Waals surface area contributed by atoms with E-state index in [-0.39, 0.29) is 0 Å². The lowest BCUT2D eigenvalue weighted by Gasteiger charge is -2.13. The second kappa shape index (κ2) is 5.48. The van der Waals surface area contributed by atoms with Crippen molar-refractivity contribution >= 4 is 0 Å². The van der Waals surface area contributed by atoms with Gasteiger partial charge in [0.25, 0.3) is 0 Å². The molecule has 1 unspecified atom stereocenters. The smallest absolute Gasteiger partial charge is 0.0522 e. The van der Waals surface area contributed by atoms with Crippen molar-refractivity contribution < 1.29 is 0 Å². The van der Waals surface area contributed by atoms with Crippen LogP contribution in [0.3, 0.4) is 0 Å². The molecule has 1 saturated carbocycles. The minimum Gasteiger partial charge on any atom is -0.308 e. The zero-order valence-corrected chi connectivity index (χ0v) is 10.4. The molecule has 1 atom stereocenters. The summed E-state index contributed by atoms with van der Waals surface area (Å²) in [5, 5.41) is 7.96. The van der Waals surface area contributed by atoms with Crippen molar-refractivity contribution in [3.8, 4) is 0 Å². The first-order valence-corrected chi connectivity index (χ1v) is 6.53. The Morgan fingerprint density at radius 3 is 3.06 bits per heavy atom. The summed E-state index contributed by atoms with van der Waals surface area (Å²) in [6, 6.07) is 2.91. The molecule has 90 valence electrons. The summed E-state index contributed by atoms with van der Waals surface area (Å²) >= 11 is 0.